The first kappa shape index (κ1) is 9.64. The minimum absolute atomic E-state index is 0.262. The lowest BCUT2D eigenvalue weighted by atomic mass is 9.92. The first-order valence-corrected chi connectivity index (χ1v) is 3.70. The van der Waals surface area contributed by atoms with E-state index in [-0.39, 0.29) is 5.57 Å². The Bertz CT molecular complexity index is 313. The maximum Gasteiger partial charge on any atom is 0.337 e. The molecule has 0 amide bonds. The molecule has 0 spiro atoms. The smallest absolute Gasteiger partial charge is 0.337 e. The second-order valence-corrected chi connectivity index (χ2v) is 2.86. The summed E-state index contributed by atoms with van der Waals surface area (Å²) in [6.07, 6.45) is 3.08. The molecule has 0 bridgehead atoms. The molecule has 1 atom stereocenters. The topological polar surface area (TPSA) is 43.4 Å². The molecule has 1 aliphatic rings. The minimum Gasteiger partial charge on any atom is -0.466 e. The number of rotatable bonds is 1. The highest BCUT2D eigenvalue weighted by molar-refractivity contribution is 6.08. The van der Waals surface area contributed by atoms with Crippen molar-refractivity contribution in [2.45, 2.75) is 12.6 Å². The van der Waals surface area contributed by atoms with Gasteiger partial charge < -0.3 is 4.74 Å². The second-order valence-electron chi connectivity index (χ2n) is 2.86. The van der Waals surface area contributed by atoms with Gasteiger partial charge in [-0.15, -0.1) is 0 Å². The third-order valence-electron chi connectivity index (χ3n) is 1.78. The van der Waals surface area contributed by atoms with E-state index < -0.39 is 17.4 Å². The van der Waals surface area contributed by atoms with Crippen molar-refractivity contribution in [2.75, 3.05) is 7.11 Å². The molecule has 4 heteroatoms. The molecule has 0 unspecified atom stereocenters. The Kier molecular flexibility index (Phi) is 2.32. The summed E-state index contributed by atoms with van der Waals surface area (Å²) < 4.78 is 17.9. The zero-order valence-corrected chi connectivity index (χ0v) is 7.33. The lowest BCUT2D eigenvalue weighted by Gasteiger charge is -2.20. The molecular weight excluding hydrogens is 175 g/mol. The predicted molar refractivity (Wildman–Crippen MR) is 43.8 cm³/mol. The largest absolute Gasteiger partial charge is 0.466 e. The number of halogens is 1. The zero-order valence-electron chi connectivity index (χ0n) is 7.33. The van der Waals surface area contributed by atoms with Gasteiger partial charge in [0.15, 0.2) is 11.5 Å². The number of alkyl halides is 1. The third-order valence-corrected chi connectivity index (χ3v) is 1.78. The van der Waals surface area contributed by atoms with Crippen LogP contribution in [0, 0.1) is 0 Å². The Hall–Kier alpha value is -1.45. The van der Waals surface area contributed by atoms with Crippen molar-refractivity contribution in [1.82, 2.24) is 0 Å². The molecule has 1 rings (SSSR count). The van der Waals surface area contributed by atoms with Crippen molar-refractivity contribution in [3.8, 4) is 0 Å². The number of carbonyl (C=O) groups excluding carboxylic acids is 2. The molecular formula is C9H9FO3. The third kappa shape index (κ3) is 1.83. The van der Waals surface area contributed by atoms with Crippen molar-refractivity contribution in [1.29, 1.82) is 0 Å². The monoisotopic (exact) mass is 184 g/mol. The highest BCUT2D eigenvalue weighted by Gasteiger charge is 2.34. The highest BCUT2D eigenvalue weighted by Crippen LogP contribution is 2.27. The molecule has 0 radical (unpaired) electrons. The van der Waals surface area contributed by atoms with E-state index in [1.54, 1.807) is 0 Å². The fourth-order valence-corrected chi connectivity index (χ4v) is 1.03. The van der Waals surface area contributed by atoms with Crippen LogP contribution >= 0.6 is 0 Å². The van der Waals surface area contributed by atoms with E-state index in [1.807, 2.05) is 0 Å². The van der Waals surface area contributed by atoms with Gasteiger partial charge in [-0.05, 0) is 25.2 Å². The van der Waals surface area contributed by atoms with Crippen LogP contribution in [0.25, 0.3) is 0 Å². The van der Waals surface area contributed by atoms with Crippen LogP contribution in [0.5, 0.6) is 0 Å². The van der Waals surface area contributed by atoms with Gasteiger partial charge in [-0.25, -0.2) is 9.18 Å². The lowest BCUT2D eigenvalue weighted by Crippen LogP contribution is -2.28. The first-order valence-electron chi connectivity index (χ1n) is 3.70. The molecule has 3 nitrogen and oxygen atoms in total. The molecule has 0 aromatic rings. The molecule has 0 aliphatic heterocycles. The second kappa shape index (κ2) is 3.12. The summed E-state index contributed by atoms with van der Waals surface area (Å²) in [5.74, 6) is -1.22. The van der Waals surface area contributed by atoms with Crippen molar-refractivity contribution < 1.29 is 18.7 Å². The van der Waals surface area contributed by atoms with Gasteiger partial charge in [0.05, 0.1) is 12.7 Å². The van der Waals surface area contributed by atoms with E-state index in [2.05, 4.69) is 4.74 Å². The van der Waals surface area contributed by atoms with Crippen molar-refractivity contribution >= 4 is 11.8 Å². The highest BCUT2D eigenvalue weighted by atomic mass is 19.1. The summed E-state index contributed by atoms with van der Waals surface area (Å²) >= 11 is 0. The van der Waals surface area contributed by atoms with E-state index in [1.165, 1.54) is 6.92 Å². The quantitative estimate of drug-likeness (QED) is 0.570. The summed E-state index contributed by atoms with van der Waals surface area (Å²) in [6.45, 7) is 1.19. The molecule has 0 heterocycles. The average molecular weight is 184 g/mol. The summed E-state index contributed by atoms with van der Waals surface area (Å²) in [5, 5.41) is 0. The number of hydrogen-bond donors (Lipinski definition) is 0. The first-order chi connectivity index (χ1) is 5.97. The zero-order chi connectivity index (χ0) is 10.1. The number of hydrogen-bond acceptors (Lipinski definition) is 3. The predicted octanol–water partition coefficient (Wildman–Crippen LogP) is 0.953. The van der Waals surface area contributed by atoms with Crippen LogP contribution in [0.3, 0.4) is 0 Å². The lowest BCUT2D eigenvalue weighted by molar-refractivity contribution is -0.137. The average Bonchev–Trinajstić information content (AvgIpc) is 2.08. The van der Waals surface area contributed by atoms with Gasteiger partial charge >= 0.3 is 5.97 Å². The van der Waals surface area contributed by atoms with Crippen LogP contribution < -0.4 is 0 Å². The number of ketones is 1. The molecule has 1 aliphatic carbocycles. The summed E-state index contributed by atoms with van der Waals surface area (Å²) in [4.78, 5) is 21.9. The summed E-state index contributed by atoms with van der Waals surface area (Å²) in [7, 11) is 1.14. The molecule has 0 saturated carbocycles. The molecule has 70 valence electrons. The van der Waals surface area contributed by atoms with Gasteiger partial charge in [0, 0.05) is 0 Å². The minimum atomic E-state index is -1.92. The molecule has 0 fully saturated rings. The Morgan fingerprint density at radius 2 is 2.23 bits per heavy atom. The Morgan fingerprint density at radius 3 is 2.77 bits per heavy atom. The van der Waals surface area contributed by atoms with Gasteiger partial charge in [-0.3, -0.25) is 4.79 Å². The van der Waals surface area contributed by atoms with Crippen molar-refractivity contribution in [3.05, 3.63) is 23.8 Å². The van der Waals surface area contributed by atoms with Gasteiger partial charge in [0.1, 0.15) is 0 Å². The standard InChI is InChI=1S/C9H9FO3/c1-9(10)4-3-6(11)5-7(9)8(12)13-2/h3-5H,1-2H3/t9-/m0/s1. The van der Waals surface area contributed by atoms with E-state index in [0.29, 0.717) is 0 Å². The van der Waals surface area contributed by atoms with E-state index >= 15 is 0 Å². The molecule has 0 aromatic carbocycles. The fourth-order valence-electron chi connectivity index (χ4n) is 1.03. The SMILES string of the molecule is COC(=O)C1=CC(=O)C=C[C@]1(C)F. The molecule has 13 heavy (non-hydrogen) atoms. The van der Waals surface area contributed by atoms with E-state index in [0.717, 1.165) is 25.3 Å². The summed E-state index contributed by atoms with van der Waals surface area (Å²) in [5.41, 5.74) is -2.18. The van der Waals surface area contributed by atoms with Gasteiger partial charge in [0.25, 0.3) is 0 Å². The maximum absolute atomic E-state index is 13.5. The fraction of sp³-hybridized carbons (Fsp3) is 0.333. The Morgan fingerprint density at radius 1 is 1.62 bits per heavy atom. The van der Waals surface area contributed by atoms with Crippen LogP contribution in [0.2, 0.25) is 0 Å². The molecule has 0 saturated heterocycles. The number of carbonyl (C=O) groups is 2. The van der Waals surface area contributed by atoms with Crippen LogP contribution in [0.1, 0.15) is 6.92 Å². The Labute approximate surface area is 74.9 Å². The van der Waals surface area contributed by atoms with E-state index in [9.17, 15) is 14.0 Å². The van der Waals surface area contributed by atoms with Crippen molar-refractivity contribution in [3.63, 3.8) is 0 Å². The van der Waals surface area contributed by atoms with Gasteiger partial charge in [-0.2, -0.15) is 0 Å². The number of methoxy groups -OCH3 is 1. The van der Waals surface area contributed by atoms with Crippen LogP contribution in [0.4, 0.5) is 4.39 Å². The molecule has 0 aromatic heterocycles. The number of ether oxygens (including phenoxy) is 1. The van der Waals surface area contributed by atoms with Crippen LogP contribution in [-0.4, -0.2) is 24.5 Å². The number of allylic oxidation sites excluding steroid dienone is 3. The van der Waals surface area contributed by atoms with E-state index in [4.69, 9.17) is 0 Å². The Balaban J connectivity index is 3.05. The van der Waals surface area contributed by atoms with Gasteiger partial charge in [-0.1, -0.05) is 0 Å². The van der Waals surface area contributed by atoms with Crippen LogP contribution in [0.15, 0.2) is 23.8 Å². The van der Waals surface area contributed by atoms with Gasteiger partial charge in [0.2, 0.25) is 0 Å². The summed E-state index contributed by atoms with van der Waals surface area (Å²) in [6, 6.07) is 0. The normalized spacial score (nSPS) is 27.0. The maximum atomic E-state index is 13.5. The van der Waals surface area contributed by atoms with Crippen molar-refractivity contribution in [2.24, 2.45) is 0 Å². The molecule has 0 N–H and O–H groups in total. The number of esters is 1. The van der Waals surface area contributed by atoms with Crippen LogP contribution in [-0.2, 0) is 14.3 Å².